The van der Waals surface area contributed by atoms with Gasteiger partial charge in [-0.1, -0.05) is 6.07 Å². The molecule has 0 fully saturated rings. The van der Waals surface area contributed by atoms with Crippen LogP contribution in [0.5, 0.6) is 0 Å². The highest BCUT2D eigenvalue weighted by Gasteiger charge is 2.30. The molecule has 0 radical (unpaired) electrons. The van der Waals surface area contributed by atoms with Gasteiger partial charge in [-0.25, -0.2) is 0 Å². The highest BCUT2D eigenvalue weighted by molar-refractivity contribution is 6.05. The maximum atomic E-state index is 12.5. The third-order valence-electron chi connectivity index (χ3n) is 3.10. The summed E-state index contributed by atoms with van der Waals surface area (Å²) < 4.78 is 37.4. The molecule has 2 rings (SSSR count). The summed E-state index contributed by atoms with van der Waals surface area (Å²) in [6, 6.07) is 9.09. The Morgan fingerprint density at radius 3 is 2.29 bits per heavy atom. The van der Waals surface area contributed by atoms with Gasteiger partial charge < -0.3 is 11.1 Å². The number of benzene rings is 2. The average molecular weight is 294 g/mol. The standard InChI is InChI=1S/C15H13F3N2O/c1-9-12(19)3-2-4-13(9)20-14(21)10-5-7-11(8-6-10)15(16,17)18/h2-8H,19H2,1H3,(H,20,21). The van der Waals surface area contributed by atoms with Crippen molar-refractivity contribution in [2.45, 2.75) is 13.1 Å². The summed E-state index contributed by atoms with van der Waals surface area (Å²) in [5.41, 5.74) is 6.84. The van der Waals surface area contributed by atoms with Gasteiger partial charge in [-0.2, -0.15) is 13.2 Å². The number of nitrogens with two attached hydrogens (primary N) is 1. The summed E-state index contributed by atoms with van der Waals surface area (Å²) in [6.45, 7) is 1.75. The lowest BCUT2D eigenvalue weighted by Crippen LogP contribution is -2.14. The number of hydrogen-bond acceptors (Lipinski definition) is 2. The summed E-state index contributed by atoms with van der Waals surface area (Å²) >= 11 is 0. The first-order chi connectivity index (χ1) is 9.79. The zero-order valence-corrected chi connectivity index (χ0v) is 11.2. The summed E-state index contributed by atoms with van der Waals surface area (Å²) in [6.07, 6.45) is -4.42. The van der Waals surface area contributed by atoms with Crippen LogP contribution in [0.2, 0.25) is 0 Å². The van der Waals surface area contributed by atoms with Gasteiger partial charge in [0.1, 0.15) is 0 Å². The molecule has 0 spiro atoms. The lowest BCUT2D eigenvalue weighted by atomic mass is 10.1. The fourth-order valence-electron chi connectivity index (χ4n) is 1.79. The largest absolute Gasteiger partial charge is 0.416 e. The van der Waals surface area contributed by atoms with Crippen molar-refractivity contribution in [1.82, 2.24) is 0 Å². The van der Waals surface area contributed by atoms with Crippen LogP contribution in [-0.4, -0.2) is 5.91 Å². The van der Waals surface area contributed by atoms with Crippen molar-refractivity contribution >= 4 is 17.3 Å². The number of nitrogens with one attached hydrogen (secondary N) is 1. The van der Waals surface area contributed by atoms with Crippen molar-refractivity contribution in [2.75, 3.05) is 11.1 Å². The van der Waals surface area contributed by atoms with Crippen LogP contribution in [0.3, 0.4) is 0 Å². The van der Waals surface area contributed by atoms with E-state index in [4.69, 9.17) is 5.73 Å². The molecular formula is C15H13F3N2O. The van der Waals surface area contributed by atoms with E-state index in [2.05, 4.69) is 5.32 Å². The Morgan fingerprint density at radius 2 is 1.71 bits per heavy atom. The molecule has 3 N–H and O–H groups in total. The van der Waals surface area contributed by atoms with E-state index in [1.165, 1.54) is 0 Å². The Labute approximate surface area is 119 Å². The van der Waals surface area contributed by atoms with Gasteiger partial charge in [0.2, 0.25) is 0 Å². The Hall–Kier alpha value is -2.50. The third-order valence-corrected chi connectivity index (χ3v) is 3.10. The first-order valence-corrected chi connectivity index (χ1v) is 6.13. The number of hydrogen-bond donors (Lipinski definition) is 2. The van der Waals surface area contributed by atoms with Crippen LogP contribution in [0.4, 0.5) is 24.5 Å². The number of amides is 1. The molecule has 0 unspecified atom stereocenters. The molecule has 110 valence electrons. The van der Waals surface area contributed by atoms with E-state index in [1.807, 2.05) is 0 Å². The SMILES string of the molecule is Cc1c(N)cccc1NC(=O)c1ccc(C(F)(F)F)cc1. The van der Waals surface area contributed by atoms with Gasteiger partial charge in [-0.15, -0.1) is 0 Å². The molecule has 6 heteroatoms. The predicted octanol–water partition coefficient (Wildman–Crippen LogP) is 3.85. The molecule has 21 heavy (non-hydrogen) atoms. The minimum atomic E-state index is -4.42. The molecule has 1 amide bonds. The molecule has 0 aliphatic rings. The van der Waals surface area contributed by atoms with Gasteiger partial charge in [0.05, 0.1) is 5.56 Å². The van der Waals surface area contributed by atoms with E-state index in [0.717, 1.165) is 24.3 Å². The number of alkyl halides is 3. The third kappa shape index (κ3) is 3.34. The summed E-state index contributed by atoms with van der Waals surface area (Å²) in [7, 11) is 0. The Morgan fingerprint density at radius 1 is 1.10 bits per heavy atom. The highest BCUT2D eigenvalue weighted by Crippen LogP contribution is 2.29. The van der Waals surface area contributed by atoms with Crippen molar-refractivity contribution in [3.8, 4) is 0 Å². The van der Waals surface area contributed by atoms with Crippen LogP contribution in [0.25, 0.3) is 0 Å². The fourth-order valence-corrected chi connectivity index (χ4v) is 1.79. The van der Waals surface area contributed by atoms with Crippen molar-refractivity contribution in [1.29, 1.82) is 0 Å². The van der Waals surface area contributed by atoms with Gasteiger partial charge in [0, 0.05) is 16.9 Å². The molecular weight excluding hydrogens is 281 g/mol. The molecule has 0 bridgehead atoms. The number of carbonyl (C=O) groups is 1. The maximum absolute atomic E-state index is 12.5. The quantitative estimate of drug-likeness (QED) is 0.827. The molecule has 0 aliphatic heterocycles. The topological polar surface area (TPSA) is 55.1 Å². The molecule has 0 saturated heterocycles. The number of nitrogen functional groups attached to an aromatic ring is 1. The van der Waals surface area contributed by atoms with Gasteiger partial charge in [0.15, 0.2) is 0 Å². The van der Waals surface area contributed by atoms with Crippen LogP contribution < -0.4 is 11.1 Å². The molecule has 0 heterocycles. The average Bonchev–Trinajstić information content (AvgIpc) is 2.43. The number of halogens is 3. The normalized spacial score (nSPS) is 11.2. The van der Waals surface area contributed by atoms with E-state index in [0.29, 0.717) is 16.9 Å². The minimum absolute atomic E-state index is 0.143. The van der Waals surface area contributed by atoms with E-state index in [1.54, 1.807) is 25.1 Å². The van der Waals surface area contributed by atoms with Crippen molar-refractivity contribution < 1.29 is 18.0 Å². The second-order valence-electron chi connectivity index (χ2n) is 4.55. The van der Waals surface area contributed by atoms with Crippen molar-refractivity contribution in [2.24, 2.45) is 0 Å². The smallest absolute Gasteiger partial charge is 0.398 e. The second kappa shape index (κ2) is 5.47. The summed E-state index contributed by atoms with van der Waals surface area (Å²) in [4.78, 5) is 12.0. The van der Waals surface area contributed by atoms with Crippen LogP contribution in [0.15, 0.2) is 42.5 Å². The first kappa shape index (κ1) is 14.9. The molecule has 0 atom stereocenters. The minimum Gasteiger partial charge on any atom is -0.398 e. The zero-order chi connectivity index (χ0) is 15.6. The van der Waals surface area contributed by atoms with Crippen LogP contribution in [0.1, 0.15) is 21.5 Å². The summed E-state index contributed by atoms with van der Waals surface area (Å²) in [5.74, 6) is -0.488. The van der Waals surface area contributed by atoms with E-state index < -0.39 is 17.6 Å². The molecule has 2 aromatic carbocycles. The van der Waals surface area contributed by atoms with Gasteiger partial charge >= 0.3 is 6.18 Å². The first-order valence-electron chi connectivity index (χ1n) is 6.13. The van der Waals surface area contributed by atoms with Gasteiger partial charge in [-0.05, 0) is 48.9 Å². The van der Waals surface area contributed by atoms with Crippen LogP contribution in [-0.2, 0) is 6.18 Å². The molecule has 3 nitrogen and oxygen atoms in total. The van der Waals surface area contributed by atoms with E-state index in [9.17, 15) is 18.0 Å². The Balaban J connectivity index is 2.19. The van der Waals surface area contributed by atoms with Crippen molar-refractivity contribution in [3.63, 3.8) is 0 Å². The maximum Gasteiger partial charge on any atom is 0.416 e. The lowest BCUT2D eigenvalue weighted by Gasteiger charge is -2.11. The number of anilines is 2. The molecule has 0 aromatic heterocycles. The number of rotatable bonds is 2. The molecule has 0 saturated carbocycles. The molecule has 2 aromatic rings. The Kier molecular flexibility index (Phi) is 3.88. The fraction of sp³-hybridized carbons (Fsp3) is 0.133. The molecule has 0 aliphatic carbocycles. The Bertz CT molecular complexity index is 664. The van der Waals surface area contributed by atoms with Crippen molar-refractivity contribution in [3.05, 3.63) is 59.2 Å². The van der Waals surface area contributed by atoms with E-state index in [-0.39, 0.29) is 5.56 Å². The second-order valence-corrected chi connectivity index (χ2v) is 4.55. The van der Waals surface area contributed by atoms with E-state index >= 15 is 0 Å². The monoisotopic (exact) mass is 294 g/mol. The highest BCUT2D eigenvalue weighted by atomic mass is 19.4. The lowest BCUT2D eigenvalue weighted by molar-refractivity contribution is -0.137. The summed E-state index contributed by atoms with van der Waals surface area (Å²) in [5, 5.41) is 2.63. The van der Waals surface area contributed by atoms with Gasteiger partial charge in [0.25, 0.3) is 5.91 Å². The zero-order valence-electron chi connectivity index (χ0n) is 11.2. The predicted molar refractivity (Wildman–Crippen MR) is 75.0 cm³/mol. The van der Waals surface area contributed by atoms with Crippen LogP contribution in [0, 0.1) is 6.92 Å². The van der Waals surface area contributed by atoms with Gasteiger partial charge in [-0.3, -0.25) is 4.79 Å². The van der Waals surface area contributed by atoms with Crippen LogP contribution >= 0.6 is 0 Å². The number of carbonyl (C=O) groups excluding carboxylic acids is 1.